The normalized spacial score (nSPS) is 46.6. The van der Waals surface area contributed by atoms with Gasteiger partial charge in [0.05, 0.1) is 11.7 Å². The lowest BCUT2D eigenvalue weighted by atomic mass is 9.43. The highest BCUT2D eigenvalue weighted by Gasteiger charge is 2.67. The van der Waals surface area contributed by atoms with Gasteiger partial charge in [0.25, 0.3) is 0 Å². The third-order valence-corrected chi connectivity index (χ3v) is 6.20. The lowest BCUT2D eigenvalue weighted by Gasteiger charge is -2.64. The van der Waals surface area contributed by atoms with Crippen molar-refractivity contribution >= 4 is 18.9 Å². The van der Waals surface area contributed by atoms with Crippen LogP contribution in [-0.2, 0) is 9.31 Å². The van der Waals surface area contributed by atoms with Gasteiger partial charge in [0.15, 0.2) is 0 Å². The van der Waals surface area contributed by atoms with E-state index in [1.54, 1.807) is 0 Å². The Hall–Kier alpha value is 0.335. The van der Waals surface area contributed by atoms with Crippen LogP contribution in [0.4, 0.5) is 0 Å². The minimum absolute atomic E-state index is 0.0126. The van der Waals surface area contributed by atoms with E-state index in [9.17, 15) is 0 Å². The van der Waals surface area contributed by atoms with Crippen LogP contribution in [0.3, 0.4) is 0 Å². The highest BCUT2D eigenvalue weighted by Crippen LogP contribution is 2.65. The van der Waals surface area contributed by atoms with Gasteiger partial charge in [0.2, 0.25) is 0 Å². The molecule has 2 nitrogen and oxygen atoms in total. The van der Waals surface area contributed by atoms with Crippen molar-refractivity contribution in [3.63, 3.8) is 0 Å². The number of hydrogen-bond acceptors (Lipinski definition) is 3. The summed E-state index contributed by atoms with van der Waals surface area (Å²) in [5.74, 6) is 2.68. The molecule has 4 heteroatoms. The molecule has 3 aliphatic carbocycles. The molecule has 1 aliphatic heterocycles. The van der Waals surface area contributed by atoms with Gasteiger partial charge in [-0.05, 0) is 55.3 Å². The summed E-state index contributed by atoms with van der Waals surface area (Å²) in [6.45, 7) is 7.11. The van der Waals surface area contributed by atoms with Crippen LogP contribution in [0, 0.1) is 17.3 Å². The molecule has 96 valence electrons. The van der Waals surface area contributed by atoms with Crippen LogP contribution < -0.4 is 0 Å². The summed E-state index contributed by atoms with van der Waals surface area (Å²) in [6, 6.07) is 0. The predicted molar refractivity (Wildman–Crippen MR) is 73.3 cm³/mol. The molecule has 2 bridgehead atoms. The van der Waals surface area contributed by atoms with Crippen LogP contribution in [0.5, 0.6) is 0 Å². The highest BCUT2D eigenvalue weighted by molar-refractivity contribution is 7.98. The van der Waals surface area contributed by atoms with E-state index in [-0.39, 0.29) is 12.7 Å². The van der Waals surface area contributed by atoms with E-state index in [4.69, 9.17) is 9.31 Å². The molecule has 0 spiro atoms. The van der Waals surface area contributed by atoms with Crippen molar-refractivity contribution in [2.24, 2.45) is 17.3 Å². The van der Waals surface area contributed by atoms with Crippen LogP contribution in [-0.4, -0.2) is 30.8 Å². The first-order valence-corrected chi connectivity index (χ1v) is 8.20. The Morgan fingerprint density at radius 3 is 2.71 bits per heavy atom. The Balaban J connectivity index is 1.73. The maximum atomic E-state index is 6.31. The van der Waals surface area contributed by atoms with Crippen molar-refractivity contribution in [2.45, 2.75) is 51.6 Å². The van der Waals surface area contributed by atoms with Crippen LogP contribution in [0.1, 0.15) is 33.6 Å². The lowest BCUT2D eigenvalue weighted by Crippen LogP contribution is -2.65. The monoisotopic (exact) mass is 254 g/mol. The minimum Gasteiger partial charge on any atom is -0.405 e. The van der Waals surface area contributed by atoms with Gasteiger partial charge < -0.3 is 9.31 Å². The van der Waals surface area contributed by atoms with Gasteiger partial charge in [-0.3, -0.25) is 0 Å². The summed E-state index contributed by atoms with van der Waals surface area (Å²) < 4.78 is 12.4. The van der Waals surface area contributed by atoms with E-state index in [1.165, 1.54) is 12.8 Å². The zero-order valence-electron chi connectivity index (χ0n) is 11.4. The van der Waals surface area contributed by atoms with Gasteiger partial charge in [0, 0.05) is 0 Å². The van der Waals surface area contributed by atoms with E-state index in [0.29, 0.717) is 17.4 Å². The Morgan fingerprint density at radius 2 is 2.06 bits per heavy atom. The van der Waals surface area contributed by atoms with Crippen molar-refractivity contribution in [2.75, 3.05) is 12.0 Å². The topological polar surface area (TPSA) is 18.5 Å². The molecule has 0 amide bonds. The molecule has 4 fully saturated rings. The van der Waals surface area contributed by atoms with Crippen molar-refractivity contribution in [1.29, 1.82) is 0 Å². The summed E-state index contributed by atoms with van der Waals surface area (Å²) in [5.41, 5.74) is 0.449. The summed E-state index contributed by atoms with van der Waals surface area (Å²) in [5, 5.41) is 0. The third kappa shape index (κ3) is 1.63. The molecule has 1 saturated heterocycles. The van der Waals surface area contributed by atoms with E-state index >= 15 is 0 Å². The van der Waals surface area contributed by atoms with Gasteiger partial charge in [-0.1, -0.05) is 13.8 Å². The van der Waals surface area contributed by atoms with Crippen LogP contribution in [0.25, 0.3) is 0 Å². The first-order chi connectivity index (χ1) is 7.98. The third-order valence-electron chi connectivity index (χ3n) is 5.56. The SMILES string of the molecule is CSCCB1O[C@@H]2CC3CC(C3(C)C)[C@]2(C)O1. The van der Waals surface area contributed by atoms with Gasteiger partial charge >= 0.3 is 7.12 Å². The molecule has 3 saturated carbocycles. The van der Waals surface area contributed by atoms with Crippen LogP contribution in [0.15, 0.2) is 0 Å². The molecule has 0 N–H and O–H groups in total. The van der Waals surface area contributed by atoms with Gasteiger partial charge in [0.1, 0.15) is 0 Å². The summed E-state index contributed by atoms with van der Waals surface area (Å²) >= 11 is 1.87. The zero-order chi connectivity index (χ0) is 12.3. The zero-order valence-corrected chi connectivity index (χ0v) is 12.2. The Bertz CT molecular complexity index is 323. The van der Waals surface area contributed by atoms with Crippen molar-refractivity contribution in [3.8, 4) is 0 Å². The predicted octanol–water partition coefficient (Wildman–Crippen LogP) is 3.08. The van der Waals surface area contributed by atoms with Crippen molar-refractivity contribution in [1.82, 2.24) is 0 Å². The quantitative estimate of drug-likeness (QED) is 0.721. The second-order valence-electron chi connectivity index (χ2n) is 6.68. The molecular weight excluding hydrogens is 231 g/mol. The highest BCUT2D eigenvalue weighted by atomic mass is 32.2. The maximum Gasteiger partial charge on any atom is 0.458 e. The number of thioether (sulfide) groups is 1. The molecule has 0 aromatic carbocycles. The molecule has 1 heterocycles. The van der Waals surface area contributed by atoms with Crippen molar-refractivity contribution < 1.29 is 9.31 Å². The molecular formula is C13H23BO2S. The Kier molecular flexibility index (Phi) is 2.85. The molecule has 17 heavy (non-hydrogen) atoms. The molecule has 0 radical (unpaired) electrons. The molecule has 0 aromatic heterocycles. The number of rotatable bonds is 3. The van der Waals surface area contributed by atoms with Crippen molar-refractivity contribution in [3.05, 3.63) is 0 Å². The maximum absolute atomic E-state index is 6.31. The Morgan fingerprint density at radius 1 is 1.29 bits per heavy atom. The number of hydrogen-bond donors (Lipinski definition) is 0. The summed E-state index contributed by atoms with van der Waals surface area (Å²) in [6.07, 6.45) is 6.08. The second-order valence-corrected chi connectivity index (χ2v) is 7.67. The summed E-state index contributed by atoms with van der Waals surface area (Å²) in [4.78, 5) is 0. The minimum atomic E-state index is -0.0126. The summed E-state index contributed by atoms with van der Waals surface area (Å²) in [7, 11) is 0.0487. The molecule has 4 rings (SSSR count). The Labute approximate surface area is 109 Å². The average molecular weight is 254 g/mol. The fourth-order valence-corrected chi connectivity index (χ4v) is 4.72. The van der Waals surface area contributed by atoms with Gasteiger partial charge in [-0.2, -0.15) is 11.8 Å². The molecule has 4 aliphatic rings. The smallest absolute Gasteiger partial charge is 0.405 e. The second kappa shape index (κ2) is 3.91. The lowest BCUT2D eigenvalue weighted by molar-refractivity contribution is -0.199. The molecule has 0 aromatic rings. The fourth-order valence-electron chi connectivity index (χ4n) is 4.29. The van der Waals surface area contributed by atoms with Gasteiger partial charge in [-0.25, -0.2) is 0 Å². The van der Waals surface area contributed by atoms with Crippen LogP contribution in [0.2, 0.25) is 6.32 Å². The average Bonchev–Trinajstić information content (AvgIpc) is 2.61. The van der Waals surface area contributed by atoms with E-state index in [2.05, 4.69) is 27.0 Å². The first kappa shape index (κ1) is 12.4. The standard InChI is InChI=1S/C13H23BO2S/c1-12(2)9-7-10(12)13(3)11(8-9)15-14(16-13)5-6-17-4/h9-11H,5-8H2,1-4H3/t9?,10?,11-,13+/m1/s1. The fraction of sp³-hybridized carbons (Fsp3) is 1.00. The van der Waals surface area contributed by atoms with Crippen LogP contribution >= 0.6 is 11.8 Å². The van der Waals surface area contributed by atoms with E-state index in [1.807, 2.05) is 11.8 Å². The largest absolute Gasteiger partial charge is 0.458 e. The van der Waals surface area contributed by atoms with Gasteiger partial charge in [-0.15, -0.1) is 0 Å². The molecule has 4 atom stereocenters. The molecule has 2 unspecified atom stereocenters. The van der Waals surface area contributed by atoms with E-state index < -0.39 is 0 Å². The first-order valence-electron chi connectivity index (χ1n) is 6.80. The van der Waals surface area contributed by atoms with E-state index in [0.717, 1.165) is 18.0 Å².